The van der Waals surface area contributed by atoms with Crippen molar-refractivity contribution < 1.29 is 8.78 Å². The number of hydrogen-bond donors (Lipinski definition) is 0. The smallest absolute Gasteiger partial charge is 0.126 e. The SMILES string of the molecule is Fc1cc(F)cc(C(Br)c2sccc2Br)c1. The largest absolute Gasteiger partial charge is 0.207 e. The maximum Gasteiger partial charge on any atom is 0.126 e. The minimum atomic E-state index is -0.563. The first-order valence-electron chi connectivity index (χ1n) is 4.41. The summed E-state index contributed by atoms with van der Waals surface area (Å²) in [6.45, 7) is 0. The number of halogens is 4. The Morgan fingerprint density at radius 1 is 1.12 bits per heavy atom. The van der Waals surface area contributed by atoms with Gasteiger partial charge in [0, 0.05) is 15.4 Å². The van der Waals surface area contributed by atoms with Crippen LogP contribution in [0.2, 0.25) is 0 Å². The summed E-state index contributed by atoms with van der Waals surface area (Å²) in [5.74, 6) is -1.13. The van der Waals surface area contributed by atoms with Crippen LogP contribution < -0.4 is 0 Å². The Morgan fingerprint density at radius 3 is 2.25 bits per heavy atom. The molecule has 1 aromatic carbocycles. The first-order valence-corrected chi connectivity index (χ1v) is 6.99. The van der Waals surface area contributed by atoms with E-state index < -0.39 is 11.6 Å². The molecule has 1 heterocycles. The first-order chi connectivity index (χ1) is 7.58. The van der Waals surface area contributed by atoms with Gasteiger partial charge >= 0.3 is 0 Å². The zero-order valence-electron chi connectivity index (χ0n) is 7.88. The maximum absolute atomic E-state index is 13.1. The van der Waals surface area contributed by atoms with Crippen molar-refractivity contribution in [1.82, 2.24) is 0 Å². The van der Waals surface area contributed by atoms with Crippen LogP contribution in [0.1, 0.15) is 15.3 Å². The van der Waals surface area contributed by atoms with E-state index in [9.17, 15) is 8.78 Å². The molecule has 0 bridgehead atoms. The van der Waals surface area contributed by atoms with Gasteiger partial charge in [0.15, 0.2) is 0 Å². The standard InChI is InChI=1S/C11H6Br2F2S/c12-9-1-2-16-11(9)10(13)6-3-7(14)5-8(15)4-6/h1-5,10H. The Hall–Kier alpha value is -0.260. The first kappa shape index (κ1) is 12.2. The minimum Gasteiger partial charge on any atom is -0.207 e. The number of rotatable bonds is 2. The van der Waals surface area contributed by atoms with Crippen molar-refractivity contribution in [3.8, 4) is 0 Å². The van der Waals surface area contributed by atoms with E-state index in [0.29, 0.717) is 5.56 Å². The van der Waals surface area contributed by atoms with Crippen LogP contribution in [0, 0.1) is 11.6 Å². The molecule has 0 amide bonds. The summed E-state index contributed by atoms with van der Waals surface area (Å²) in [5.41, 5.74) is 0.570. The van der Waals surface area contributed by atoms with Crippen molar-refractivity contribution in [2.45, 2.75) is 4.83 Å². The summed E-state index contributed by atoms with van der Waals surface area (Å²) in [5, 5.41) is 1.92. The normalized spacial score (nSPS) is 12.8. The van der Waals surface area contributed by atoms with Crippen molar-refractivity contribution in [2.75, 3.05) is 0 Å². The van der Waals surface area contributed by atoms with E-state index in [4.69, 9.17) is 0 Å². The molecule has 0 N–H and O–H groups in total. The van der Waals surface area contributed by atoms with Gasteiger partial charge in [-0.3, -0.25) is 0 Å². The van der Waals surface area contributed by atoms with Gasteiger partial charge in [-0.15, -0.1) is 11.3 Å². The van der Waals surface area contributed by atoms with Gasteiger partial charge in [-0.2, -0.15) is 0 Å². The Kier molecular flexibility index (Phi) is 3.77. The number of thiophene rings is 1. The molecule has 0 saturated heterocycles. The lowest BCUT2D eigenvalue weighted by molar-refractivity contribution is 0.580. The van der Waals surface area contributed by atoms with Crippen molar-refractivity contribution >= 4 is 43.2 Å². The zero-order chi connectivity index (χ0) is 11.7. The lowest BCUT2D eigenvalue weighted by Crippen LogP contribution is -1.93. The summed E-state index contributed by atoms with van der Waals surface area (Å²) >= 11 is 8.36. The molecule has 0 nitrogen and oxygen atoms in total. The summed E-state index contributed by atoms with van der Waals surface area (Å²) < 4.78 is 27.1. The molecule has 0 radical (unpaired) electrons. The van der Waals surface area contributed by atoms with Crippen LogP contribution >= 0.6 is 43.2 Å². The molecule has 1 unspecified atom stereocenters. The van der Waals surface area contributed by atoms with Gasteiger partial charge < -0.3 is 0 Å². The van der Waals surface area contributed by atoms with Crippen LogP contribution in [-0.4, -0.2) is 0 Å². The highest BCUT2D eigenvalue weighted by Gasteiger charge is 2.16. The van der Waals surface area contributed by atoms with Gasteiger partial charge in [-0.1, -0.05) is 15.9 Å². The molecule has 1 aromatic heterocycles. The second kappa shape index (κ2) is 4.94. The average Bonchev–Trinajstić information content (AvgIpc) is 2.62. The fourth-order valence-corrected chi connectivity index (χ4v) is 4.10. The summed E-state index contributed by atoms with van der Waals surface area (Å²) in [6, 6.07) is 5.43. The highest BCUT2D eigenvalue weighted by Crippen LogP contribution is 2.39. The average molecular weight is 368 g/mol. The molecule has 0 aliphatic heterocycles. The third-order valence-corrected chi connectivity index (χ3v) is 5.28. The van der Waals surface area contributed by atoms with Crippen LogP contribution in [0.25, 0.3) is 0 Å². The molecule has 16 heavy (non-hydrogen) atoms. The Labute approximate surface area is 113 Å². The molecular weight excluding hydrogens is 362 g/mol. The number of benzene rings is 1. The van der Waals surface area contributed by atoms with Gasteiger partial charge in [0.25, 0.3) is 0 Å². The van der Waals surface area contributed by atoms with Crippen LogP contribution in [0.5, 0.6) is 0 Å². The van der Waals surface area contributed by atoms with Crippen molar-refractivity contribution in [3.63, 3.8) is 0 Å². The molecule has 0 saturated carbocycles. The van der Waals surface area contributed by atoms with Crippen molar-refractivity contribution in [3.05, 3.63) is 56.2 Å². The molecule has 84 valence electrons. The molecule has 0 fully saturated rings. The van der Waals surface area contributed by atoms with Crippen molar-refractivity contribution in [1.29, 1.82) is 0 Å². The Bertz CT molecular complexity index is 490. The fraction of sp³-hybridized carbons (Fsp3) is 0.0909. The fourth-order valence-electron chi connectivity index (χ4n) is 1.36. The number of alkyl halides is 1. The van der Waals surface area contributed by atoms with E-state index in [1.54, 1.807) is 0 Å². The molecule has 0 spiro atoms. The second-order valence-corrected chi connectivity index (χ2v) is 5.92. The Morgan fingerprint density at radius 2 is 1.75 bits per heavy atom. The third kappa shape index (κ3) is 2.52. The molecule has 1 atom stereocenters. The summed E-state index contributed by atoms with van der Waals surface area (Å²) in [6.07, 6.45) is 0. The van der Waals surface area contributed by atoms with Gasteiger partial charge in [-0.25, -0.2) is 8.78 Å². The summed E-state index contributed by atoms with van der Waals surface area (Å²) in [7, 11) is 0. The van der Waals surface area contributed by atoms with Crippen LogP contribution in [0.15, 0.2) is 34.1 Å². The lowest BCUT2D eigenvalue weighted by Gasteiger charge is -2.09. The highest BCUT2D eigenvalue weighted by atomic mass is 79.9. The lowest BCUT2D eigenvalue weighted by atomic mass is 10.1. The third-order valence-electron chi connectivity index (χ3n) is 2.05. The van der Waals surface area contributed by atoms with Crippen molar-refractivity contribution in [2.24, 2.45) is 0 Å². The maximum atomic E-state index is 13.1. The van der Waals surface area contributed by atoms with Crippen LogP contribution in [0.3, 0.4) is 0 Å². The van der Waals surface area contributed by atoms with E-state index in [1.165, 1.54) is 23.5 Å². The molecule has 0 aliphatic carbocycles. The number of hydrogen-bond acceptors (Lipinski definition) is 1. The van der Waals surface area contributed by atoms with E-state index >= 15 is 0 Å². The second-order valence-electron chi connectivity index (χ2n) is 3.20. The molecule has 2 rings (SSSR count). The zero-order valence-corrected chi connectivity index (χ0v) is 11.9. The van der Waals surface area contributed by atoms with E-state index in [0.717, 1.165) is 15.4 Å². The van der Waals surface area contributed by atoms with Gasteiger partial charge in [0.1, 0.15) is 11.6 Å². The summed E-state index contributed by atoms with van der Waals surface area (Å²) in [4.78, 5) is 0.789. The predicted molar refractivity (Wildman–Crippen MR) is 69.1 cm³/mol. The van der Waals surface area contributed by atoms with E-state index in [-0.39, 0.29) is 4.83 Å². The molecular formula is C11H6Br2F2S. The van der Waals surface area contributed by atoms with Gasteiger partial charge in [0.05, 0.1) is 4.83 Å². The van der Waals surface area contributed by atoms with Crippen LogP contribution in [0.4, 0.5) is 8.78 Å². The monoisotopic (exact) mass is 366 g/mol. The van der Waals surface area contributed by atoms with Crippen LogP contribution in [-0.2, 0) is 0 Å². The minimum absolute atomic E-state index is 0.202. The topological polar surface area (TPSA) is 0 Å². The van der Waals surface area contributed by atoms with E-state index in [1.807, 2.05) is 11.4 Å². The van der Waals surface area contributed by atoms with Gasteiger partial charge in [-0.05, 0) is 45.1 Å². The quantitative estimate of drug-likeness (QED) is 0.634. The highest BCUT2D eigenvalue weighted by molar-refractivity contribution is 9.11. The Balaban J connectivity index is 2.41. The van der Waals surface area contributed by atoms with E-state index in [2.05, 4.69) is 31.9 Å². The molecule has 2 aromatic rings. The molecule has 0 aliphatic rings. The van der Waals surface area contributed by atoms with Gasteiger partial charge in [0.2, 0.25) is 0 Å². The molecule has 5 heteroatoms. The predicted octanol–water partition coefficient (Wildman–Crippen LogP) is 5.27.